The quantitative estimate of drug-likeness (QED) is 0.212. The molecule has 4 unspecified atom stereocenters. The summed E-state index contributed by atoms with van der Waals surface area (Å²) in [4.78, 5) is 5.26. The van der Waals surface area contributed by atoms with Crippen molar-refractivity contribution in [2.24, 2.45) is 0 Å². The summed E-state index contributed by atoms with van der Waals surface area (Å²) in [7, 11) is 9.74. The normalized spacial score (nSPS) is 31.0. The standard InChI is InChI=1S/C28H48N4O2.2HI/c1-31(2)23-8-5-9-24(31)20-29(19-23)14-16-33-27-12-7-13-28(18-27)34-17-15-30-21-25-10-6-11-26(22-30)32(25,3)4;;/h7,12-13,18,23-26H,5-6,8-11,14-17,19-22H2,1-4H3;2*1H/q+2;;/p-2. The molecule has 4 heterocycles. The number of ether oxygens (including phenoxy) is 2. The molecule has 206 valence electrons. The highest BCUT2D eigenvalue weighted by Crippen LogP contribution is 2.33. The molecule has 0 spiro atoms. The van der Waals surface area contributed by atoms with Gasteiger partial charge in [-0.25, -0.2) is 0 Å². The van der Waals surface area contributed by atoms with E-state index in [-0.39, 0.29) is 48.0 Å². The summed E-state index contributed by atoms with van der Waals surface area (Å²) in [5.41, 5.74) is 0. The Balaban J connectivity index is 0.00000180. The van der Waals surface area contributed by atoms with Gasteiger partial charge in [0.05, 0.1) is 54.4 Å². The third-order valence-electron chi connectivity index (χ3n) is 9.95. The molecule has 4 fully saturated rings. The molecule has 8 heteroatoms. The average molecular weight is 727 g/mol. The summed E-state index contributed by atoms with van der Waals surface area (Å²) < 4.78 is 14.7. The summed E-state index contributed by atoms with van der Waals surface area (Å²) in [5, 5.41) is 0. The summed E-state index contributed by atoms with van der Waals surface area (Å²) in [5.74, 6) is 1.86. The van der Waals surface area contributed by atoms with Gasteiger partial charge in [0.25, 0.3) is 0 Å². The summed E-state index contributed by atoms with van der Waals surface area (Å²) in [6.45, 7) is 8.39. The van der Waals surface area contributed by atoms with E-state index in [2.05, 4.69) is 62.3 Å². The third-order valence-corrected chi connectivity index (χ3v) is 9.95. The Bertz CT molecular complexity index is 744. The van der Waals surface area contributed by atoms with Gasteiger partial charge in [0.15, 0.2) is 0 Å². The third kappa shape index (κ3) is 6.81. The van der Waals surface area contributed by atoms with Crippen LogP contribution < -0.4 is 57.4 Å². The number of likely N-dealkylation sites (N-methyl/N-ethyl adjacent to an activating group) is 2. The van der Waals surface area contributed by atoms with E-state index in [0.29, 0.717) is 0 Å². The molecule has 0 aliphatic carbocycles. The molecule has 5 rings (SSSR count). The fourth-order valence-corrected chi connectivity index (χ4v) is 7.26. The van der Waals surface area contributed by atoms with Crippen LogP contribution >= 0.6 is 0 Å². The maximum absolute atomic E-state index is 6.15. The summed E-state index contributed by atoms with van der Waals surface area (Å²) in [6, 6.07) is 11.4. The predicted octanol–water partition coefficient (Wildman–Crippen LogP) is -2.92. The number of halogens is 2. The van der Waals surface area contributed by atoms with Crippen molar-refractivity contribution < 1.29 is 66.4 Å². The highest BCUT2D eigenvalue weighted by atomic mass is 127. The highest BCUT2D eigenvalue weighted by Gasteiger charge is 2.46. The van der Waals surface area contributed by atoms with Gasteiger partial charge in [0, 0.05) is 44.8 Å². The molecule has 4 saturated heterocycles. The second-order valence-electron chi connectivity index (χ2n) is 12.4. The number of hydrogen-bond donors (Lipinski definition) is 0. The number of piperidine rings is 2. The van der Waals surface area contributed by atoms with Gasteiger partial charge in [-0.1, -0.05) is 6.07 Å². The minimum atomic E-state index is 0. The first-order valence-corrected chi connectivity index (χ1v) is 13.8. The first-order valence-electron chi connectivity index (χ1n) is 13.8. The summed E-state index contributed by atoms with van der Waals surface area (Å²) >= 11 is 0. The topological polar surface area (TPSA) is 24.9 Å². The van der Waals surface area contributed by atoms with E-state index in [4.69, 9.17) is 9.47 Å². The van der Waals surface area contributed by atoms with E-state index in [1.165, 1.54) is 73.7 Å². The molecule has 0 amide bonds. The molecular weight excluding hydrogens is 678 g/mol. The van der Waals surface area contributed by atoms with Crippen molar-refractivity contribution in [3.8, 4) is 11.5 Å². The van der Waals surface area contributed by atoms with Crippen molar-refractivity contribution >= 4 is 0 Å². The molecule has 0 aromatic heterocycles. The maximum atomic E-state index is 6.15. The van der Waals surface area contributed by atoms with Crippen LogP contribution in [0.5, 0.6) is 11.5 Å². The van der Waals surface area contributed by atoms with Gasteiger partial charge in [-0.2, -0.15) is 0 Å². The first kappa shape index (κ1) is 30.7. The molecule has 6 nitrogen and oxygen atoms in total. The van der Waals surface area contributed by atoms with Gasteiger partial charge >= 0.3 is 0 Å². The van der Waals surface area contributed by atoms with E-state index < -0.39 is 0 Å². The van der Waals surface area contributed by atoms with E-state index in [0.717, 1.165) is 62.0 Å². The van der Waals surface area contributed by atoms with Crippen LogP contribution in [0.15, 0.2) is 24.3 Å². The number of nitrogens with zero attached hydrogens (tertiary/aromatic N) is 4. The second-order valence-corrected chi connectivity index (χ2v) is 12.4. The zero-order valence-electron chi connectivity index (χ0n) is 22.9. The van der Waals surface area contributed by atoms with Gasteiger partial charge < -0.3 is 66.4 Å². The van der Waals surface area contributed by atoms with Crippen molar-refractivity contribution in [2.45, 2.75) is 62.7 Å². The highest BCUT2D eigenvalue weighted by molar-refractivity contribution is 5.32. The van der Waals surface area contributed by atoms with Crippen LogP contribution in [0.4, 0.5) is 0 Å². The van der Waals surface area contributed by atoms with Gasteiger partial charge in [0.1, 0.15) is 48.9 Å². The smallest absolute Gasteiger partial charge is 0.123 e. The molecule has 4 bridgehead atoms. The van der Waals surface area contributed by atoms with Crippen LogP contribution in [-0.4, -0.2) is 124 Å². The van der Waals surface area contributed by atoms with Crippen molar-refractivity contribution in [1.29, 1.82) is 0 Å². The van der Waals surface area contributed by atoms with Crippen molar-refractivity contribution in [1.82, 2.24) is 9.80 Å². The van der Waals surface area contributed by atoms with Crippen LogP contribution in [-0.2, 0) is 0 Å². The van der Waals surface area contributed by atoms with Crippen molar-refractivity contribution in [2.75, 3.05) is 80.7 Å². The minimum Gasteiger partial charge on any atom is -1.00 e. The Labute approximate surface area is 253 Å². The van der Waals surface area contributed by atoms with Gasteiger partial charge in [-0.15, -0.1) is 0 Å². The first-order chi connectivity index (χ1) is 16.3. The van der Waals surface area contributed by atoms with Gasteiger partial charge in [-0.05, 0) is 25.0 Å². The zero-order valence-corrected chi connectivity index (χ0v) is 27.2. The molecule has 0 saturated carbocycles. The zero-order chi connectivity index (χ0) is 23.8. The molecule has 36 heavy (non-hydrogen) atoms. The average Bonchev–Trinajstić information content (AvgIpc) is 2.75. The molecular formula is C28H48I2N4O2. The molecule has 0 N–H and O–H groups in total. The Morgan fingerprint density at radius 2 is 1.03 bits per heavy atom. The van der Waals surface area contributed by atoms with E-state index in [1.807, 2.05) is 0 Å². The predicted molar refractivity (Wildman–Crippen MR) is 137 cm³/mol. The lowest BCUT2D eigenvalue weighted by Crippen LogP contribution is -3.00. The second kappa shape index (κ2) is 13.0. The van der Waals surface area contributed by atoms with Crippen LogP contribution in [0.2, 0.25) is 0 Å². The number of quaternary nitrogens is 2. The Hall–Kier alpha value is 0.120. The van der Waals surface area contributed by atoms with Crippen molar-refractivity contribution in [3.63, 3.8) is 0 Å². The lowest BCUT2D eigenvalue weighted by atomic mass is 9.89. The number of benzene rings is 1. The molecule has 4 aliphatic heterocycles. The van der Waals surface area contributed by atoms with Crippen molar-refractivity contribution in [3.05, 3.63) is 24.3 Å². The number of rotatable bonds is 8. The van der Waals surface area contributed by atoms with Gasteiger partial charge in [-0.3, -0.25) is 9.80 Å². The molecule has 1 aromatic carbocycles. The van der Waals surface area contributed by atoms with E-state index in [1.54, 1.807) is 0 Å². The Morgan fingerprint density at radius 3 is 1.39 bits per heavy atom. The maximum Gasteiger partial charge on any atom is 0.123 e. The fourth-order valence-electron chi connectivity index (χ4n) is 7.26. The lowest BCUT2D eigenvalue weighted by Gasteiger charge is -2.54. The van der Waals surface area contributed by atoms with Crippen LogP contribution in [0.1, 0.15) is 38.5 Å². The largest absolute Gasteiger partial charge is 1.00 e. The lowest BCUT2D eigenvalue weighted by molar-refractivity contribution is -0.948. The molecule has 4 atom stereocenters. The van der Waals surface area contributed by atoms with E-state index in [9.17, 15) is 0 Å². The minimum absolute atomic E-state index is 0. The van der Waals surface area contributed by atoms with Gasteiger partial charge in [0.2, 0.25) is 0 Å². The van der Waals surface area contributed by atoms with Crippen LogP contribution in [0.3, 0.4) is 0 Å². The van der Waals surface area contributed by atoms with Crippen LogP contribution in [0, 0.1) is 0 Å². The number of hydrogen-bond acceptors (Lipinski definition) is 4. The Morgan fingerprint density at radius 1 is 0.667 bits per heavy atom. The number of fused-ring (bicyclic) bond motifs is 4. The molecule has 0 radical (unpaired) electrons. The van der Waals surface area contributed by atoms with Crippen LogP contribution in [0.25, 0.3) is 0 Å². The fraction of sp³-hybridized carbons (Fsp3) is 0.786. The molecule has 1 aromatic rings. The number of piperazine rings is 2. The number of likely N-dealkylation sites (tertiary alicyclic amines) is 2. The molecule has 4 aliphatic rings. The SMILES string of the molecule is C[N+]1(C)C2CCCC1CN(CCOc1cccc(OCCN3CC4CCCC(C3)[N+]4(C)C)c1)C2.[I-].[I-]. The van der Waals surface area contributed by atoms with E-state index >= 15 is 0 Å². The Kier molecular flexibility index (Phi) is 11.1. The summed E-state index contributed by atoms with van der Waals surface area (Å²) in [6.07, 6.45) is 8.30. The monoisotopic (exact) mass is 726 g/mol.